The Morgan fingerprint density at radius 3 is 2.35 bits per heavy atom. The van der Waals surface area contributed by atoms with E-state index in [1.807, 2.05) is 37.3 Å². The van der Waals surface area contributed by atoms with E-state index in [0.717, 1.165) is 12.0 Å². The third kappa shape index (κ3) is 6.50. The van der Waals surface area contributed by atoms with Gasteiger partial charge in [-0.1, -0.05) is 37.3 Å². The quantitative estimate of drug-likeness (QED) is 0.665. The molecule has 2 aromatic carbocycles. The second-order valence-electron chi connectivity index (χ2n) is 5.74. The van der Waals surface area contributed by atoms with Gasteiger partial charge in [0.25, 0.3) is 5.91 Å². The van der Waals surface area contributed by atoms with Gasteiger partial charge in [0.2, 0.25) is 10.0 Å². The summed E-state index contributed by atoms with van der Waals surface area (Å²) in [6, 6.07) is 15.7. The minimum Gasteiger partial charge on any atom is -0.484 e. The first-order valence-electron chi connectivity index (χ1n) is 8.54. The van der Waals surface area contributed by atoms with Crippen LogP contribution in [0.3, 0.4) is 0 Å². The van der Waals surface area contributed by atoms with Gasteiger partial charge < -0.3 is 10.1 Å². The molecule has 0 aliphatic heterocycles. The Morgan fingerprint density at radius 1 is 1.00 bits per heavy atom. The lowest BCUT2D eigenvalue weighted by Gasteiger charge is -2.09. The average Bonchev–Trinajstić information content (AvgIpc) is 2.66. The molecule has 0 fully saturated rings. The van der Waals surface area contributed by atoms with Gasteiger partial charge in [0.15, 0.2) is 6.61 Å². The number of ether oxygens (including phenoxy) is 1. The lowest BCUT2D eigenvalue weighted by atomic mass is 10.2. The Kier molecular flexibility index (Phi) is 7.62. The zero-order valence-electron chi connectivity index (χ0n) is 14.8. The Balaban J connectivity index is 1.84. The fraction of sp³-hybridized carbons (Fsp3) is 0.316. The lowest BCUT2D eigenvalue weighted by Crippen LogP contribution is -2.29. The maximum atomic E-state index is 12.3. The molecule has 0 saturated carbocycles. The third-order valence-electron chi connectivity index (χ3n) is 3.62. The van der Waals surface area contributed by atoms with Crippen molar-refractivity contribution in [1.29, 1.82) is 0 Å². The Bertz CT molecular complexity index is 790. The summed E-state index contributed by atoms with van der Waals surface area (Å²) in [5, 5.41) is 2.71. The molecule has 0 radical (unpaired) electrons. The molecule has 0 spiro atoms. The molecule has 1 amide bonds. The van der Waals surface area contributed by atoms with Gasteiger partial charge in [0.1, 0.15) is 5.75 Å². The van der Waals surface area contributed by atoms with Crippen molar-refractivity contribution in [3.05, 3.63) is 60.2 Å². The van der Waals surface area contributed by atoms with E-state index in [0.29, 0.717) is 25.3 Å². The number of amides is 1. The van der Waals surface area contributed by atoms with Gasteiger partial charge in [-0.25, -0.2) is 13.1 Å². The van der Waals surface area contributed by atoms with E-state index in [9.17, 15) is 13.2 Å². The lowest BCUT2D eigenvalue weighted by molar-refractivity contribution is -0.123. The van der Waals surface area contributed by atoms with Gasteiger partial charge in [-0.3, -0.25) is 4.79 Å². The van der Waals surface area contributed by atoms with Crippen molar-refractivity contribution in [2.24, 2.45) is 0 Å². The molecule has 0 aliphatic carbocycles. The third-order valence-corrected chi connectivity index (χ3v) is 5.10. The number of nitrogens with one attached hydrogen (secondary N) is 2. The van der Waals surface area contributed by atoms with Crippen LogP contribution in [0.1, 0.15) is 18.9 Å². The molecule has 0 atom stereocenters. The monoisotopic (exact) mass is 376 g/mol. The molecule has 0 heterocycles. The predicted molar refractivity (Wildman–Crippen MR) is 101 cm³/mol. The highest BCUT2D eigenvalue weighted by Gasteiger charge is 2.13. The van der Waals surface area contributed by atoms with Crippen molar-refractivity contribution in [3.63, 3.8) is 0 Å². The maximum absolute atomic E-state index is 12.3. The van der Waals surface area contributed by atoms with E-state index in [4.69, 9.17) is 4.74 Å². The molecule has 140 valence electrons. The minimum absolute atomic E-state index is 0.0958. The summed E-state index contributed by atoms with van der Waals surface area (Å²) in [6.45, 7) is 2.80. The van der Waals surface area contributed by atoms with Gasteiger partial charge in [-0.15, -0.1) is 0 Å². The number of rotatable bonds is 10. The summed E-state index contributed by atoms with van der Waals surface area (Å²) in [5.41, 5.74) is 1.07. The van der Waals surface area contributed by atoms with E-state index in [-0.39, 0.29) is 17.4 Å². The van der Waals surface area contributed by atoms with E-state index in [2.05, 4.69) is 10.0 Å². The Labute approximate surface area is 154 Å². The number of benzene rings is 2. The normalized spacial score (nSPS) is 11.1. The number of carbonyl (C=O) groups is 1. The molecule has 0 unspecified atom stereocenters. The van der Waals surface area contributed by atoms with Gasteiger partial charge in [-0.2, -0.15) is 0 Å². The molecular formula is C19H24N2O4S. The fourth-order valence-electron chi connectivity index (χ4n) is 2.24. The summed E-state index contributed by atoms with van der Waals surface area (Å²) in [6.07, 6.45) is 1.48. The van der Waals surface area contributed by atoms with Crippen LogP contribution in [-0.4, -0.2) is 34.0 Å². The highest BCUT2D eigenvalue weighted by Crippen LogP contribution is 2.16. The molecule has 0 saturated heterocycles. The summed E-state index contributed by atoms with van der Waals surface area (Å²) in [5.74, 6) is 0.242. The minimum atomic E-state index is -3.58. The van der Waals surface area contributed by atoms with E-state index in [1.165, 1.54) is 12.1 Å². The average molecular weight is 376 g/mol. The van der Waals surface area contributed by atoms with E-state index in [1.54, 1.807) is 12.1 Å². The van der Waals surface area contributed by atoms with Crippen LogP contribution in [0.25, 0.3) is 0 Å². The van der Waals surface area contributed by atoms with Crippen molar-refractivity contribution in [3.8, 4) is 5.75 Å². The van der Waals surface area contributed by atoms with Gasteiger partial charge in [-0.05, 0) is 42.7 Å². The van der Waals surface area contributed by atoms with Crippen LogP contribution in [-0.2, 0) is 21.2 Å². The standard InChI is InChI=1S/C19H24N2O4S/c1-2-13-20-19(22)15-25-17-8-10-18(11-9-17)26(23,24)21-14-12-16-6-4-3-5-7-16/h3-11,21H,2,12-15H2,1H3,(H,20,22). The molecule has 2 rings (SSSR count). The number of hydrogen-bond acceptors (Lipinski definition) is 4. The van der Waals surface area contributed by atoms with Crippen LogP contribution in [0.5, 0.6) is 5.75 Å². The van der Waals surface area contributed by atoms with E-state index >= 15 is 0 Å². The molecule has 7 heteroatoms. The van der Waals surface area contributed by atoms with Gasteiger partial charge in [0.05, 0.1) is 4.90 Å². The molecule has 26 heavy (non-hydrogen) atoms. The predicted octanol–water partition coefficient (Wildman–Crippen LogP) is 2.11. The Morgan fingerprint density at radius 2 is 1.69 bits per heavy atom. The first-order valence-corrected chi connectivity index (χ1v) is 10.0. The number of carbonyl (C=O) groups excluding carboxylic acids is 1. The van der Waals surface area contributed by atoms with Crippen molar-refractivity contribution in [2.45, 2.75) is 24.7 Å². The summed E-state index contributed by atoms with van der Waals surface area (Å²) < 4.78 is 32.5. The summed E-state index contributed by atoms with van der Waals surface area (Å²) in [7, 11) is -3.58. The van der Waals surface area contributed by atoms with Crippen LogP contribution < -0.4 is 14.8 Å². The van der Waals surface area contributed by atoms with Crippen LogP contribution in [0, 0.1) is 0 Å². The maximum Gasteiger partial charge on any atom is 0.257 e. The molecule has 2 N–H and O–H groups in total. The van der Waals surface area contributed by atoms with Crippen molar-refractivity contribution in [1.82, 2.24) is 10.0 Å². The van der Waals surface area contributed by atoms with Gasteiger partial charge >= 0.3 is 0 Å². The smallest absolute Gasteiger partial charge is 0.257 e. The fourth-order valence-corrected chi connectivity index (χ4v) is 3.27. The zero-order valence-corrected chi connectivity index (χ0v) is 15.6. The molecular weight excluding hydrogens is 352 g/mol. The topological polar surface area (TPSA) is 84.5 Å². The molecule has 6 nitrogen and oxygen atoms in total. The first kappa shape index (κ1) is 19.9. The highest BCUT2D eigenvalue weighted by atomic mass is 32.2. The van der Waals surface area contributed by atoms with Crippen molar-refractivity contribution >= 4 is 15.9 Å². The number of sulfonamides is 1. The van der Waals surface area contributed by atoms with E-state index < -0.39 is 10.0 Å². The van der Waals surface area contributed by atoms with Crippen LogP contribution in [0.15, 0.2) is 59.5 Å². The molecule has 0 bridgehead atoms. The number of hydrogen-bond donors (Lipinski definition) is 2. The highest BCUT2D eigenvalue weighted by molar-refractivity contribution is 7.89. The summed E-state index contributed by atoms with van der Waals surface area (Å²) in [4.78, 5) is 11.7. The van der Waals surface area contributed by atoms with Gasteiger partial charge in [0, 0.05) is 13.1 Å². The van der Waals surface area contributed by atoms with Crippen LogP contribution in [0.2, 0.25) is 0 Å². The van der Waals surface area contributed by atoms with Crippen LogP contribution >= 0.6 is 0 Å². The Hall–Kier alpha value is -2.38. The summed E-state index contributed by atoms with van der Waals surface area (Å²) >= 11 is 0. The van der Waals surface area contributed by atoms with Crippen LogP contribution in [0.4, 0.5) is 0 Å². The zero-order chi connectivity index (χ0) is 18.8. The first-order chi connectivity index (χ1) is 12.5. The van der Waals surface area contributed by atoms with Crippen molar-refractivity contribution in [2.75, 3.05) is 19.7 Å². The molecule has 0 aliphatic rings. The van der Waals surface area contributed by atoms with Crippen molar-refractivity contribution < 1.29 is 17.9 Å². The second kappa shape index (κ2) is 9.94. The molecule has 2 aromatic rings. The SMILES string of the molecule is CCCNC(=O)COc1ccc(S(=O)(=O)NCCc2ccccc2)cc1. The molecule has 0 aromatic heterocycles. The largest absolute Gasteiger partial charge is 0.484 e. The second-order valence-corrected chi connectivity index (χ2v) is 7.51.